The van der Waals surface area contributed by atoms with Crippen LogP contribution in [-0.2, 0) is 5.41 Å². The second-order valence-electron chi connectivity index (χ2n) is 6.07. The Kier molecular flexibility index (Phi) is 4.38. The third-order valence-corrected chi connectivity index (χ3v) is 3.59. The van der Waals surface area contributed by atoms with Gasteiger partial charge >= 0.3 is 0 Å². The molecule has 0 aliphatic rings. The molecule has 0 aromatic heterocycles. The summed E-state index contributed by atoms with van der Waals surface area (Å²) >= 11 is 6.07. The van der Waals surface area contributed by atoms with Gasteiger partial charge in [-0.1, -0.05) is 44.5 Å². The predicted molar refractivity (Wildman–Crippen MR) is 86.7 cm³/mol. The summed E-state index contributed by atoms with van der Waals surface area (Å²) in [5.74, 6) is 1.31. The molecule has 21 heavy (non-hydrogen) atoms. The first-order valence-electron chi connectivity index (χ1n) is 6.86. The molecule has 110 valence electrons. The molecule has 3 heteroatoms. The van der Waals surface area contributed by atoms with Crippen LogP contribution in [0.3, 0.4) is 0 Å². The SMILES string of the molecule is CC(=O)c1ccc(Oc2ccc(C(C)(C)C)cc2)cc1Cl. The summed E-state index contributed by atoms with van der Waals surface area (Å²) in [6.45, 7) is 8.00. The van der Waals surface area contributed by atoms with E-state index in [1.807, 2.05) is 12.1 Å². The molecule has 0 saturated carbocycles. The molecule has 0 saturated heterocycles. The van der Waals surface area contributed by atoms with Crippen LogP contribution in [0.5, 0.6) is 11.5 Å². The minimum absolute atomic E-state index is 0.0546. The Morgan fingerprint density at radius 2 is 1.57 bits per heavy atom. The summed E-state index contributed by atoms with van der Waals surface area (Å²) in [7, 11) is 0. The number of rotatable bonds is 3. The summed E-state index contributed by atoms with van der Waals surface area (Å²) in [5, 5.41) is 0.409. The van der Waals surface area contributed by atoms with Gasteiger partial charge in [0.05, 0.1) is 5.02 Å². The van der Waals surface area contributed by atoms with Crippen LogP contribution < -0.4 is 4.74 Å². The van der Waals surface area contributed by atoms with Crippen molar-refractivity contribution in [2.24, 2.45) is 0 Å². The molecule has 0 spiro atoms. The molecule has 2 rings (SSSR count). The number of carbonyl (C=O) groups excluding carboxylic acids is 1. The van der Waals surface area contributed by atoms with Crippen molar-refractivity contribution in [3.05, 3.63) is 58.6 Å². The Morgan fingerprint density at radius 1 is 1.00 bits per heavy atom. The Balaban J connectivity index is 2.19. The van der Waals surface area contributed by atoms with Crippen LogP contribution in [-0.4, -0.2) is 5.78 Å². The van der Waals surface area contributed by atoms with Gasteiger partial charge in [-0.15, -0.1) is 0 Å². The van der Waals surface area contributed by atoms with Gasteiger partial charge in [0.25, 0.3) is 0 Å². The number of benzene rings is 2. The van der Waals surface area contributed by atoms with Crippen molar-refractivity contribution in [2.45, 2.75) is 33.1 Å². The van der Waals surface area contributed by atoms with Gasteiger partial charge in [0.15, 0.2) is 5.78 Å². The highest BCUT2D eigenvalue weighted by molar-refractivity contribution is 6.34. The molecule has 2 aromatic carbocycles. The van der Waals surface area contributed by atoms with E-state index in [2.05, 4.69) is 32.9 Å². The lowest BCUT2D eigenvalue weighted by Crippen LogP contribution is -2.10. The van der Waals surface area contributed by atoms with Crippen LogP contribution >= 0.6 is 11.6 Å². The molecule has 0 N–H and O–H groups in total. The first-order chi connectivity index (χ1) is 9.77. The monoisotopic (exact) mass is 302 g/mol. The Bertz CT molecular complexity index is 652. The van der Waals surface area contributed by atoms with E-state index in [9.17, 15) is 4.79 Å². The van der Waals surface area contributed by atoms with Crippen molar-refractivity contribution < 1.29 is 9.53 Å². The van der Waals surface area contributed by atoms with E-state index in [-0.39, 0.29) is 11.2 Å². The smallest absolute Gasteiger partial charge is 0.161 e. The Labute approximate surface area is 130 Å². The number of hydrogen-bond acceptors (Lipinski definition) is 2. The third-order valence-electron chi connectivity index (χ3n) is 3.28. The van der Waals surface area contributed by atoms with Crippen LogP contribution in [0.1, 0.15) is 43.6 Å². The first-order valence-corrected chi connectivity index (χ1v) is 7.24. The zero-order valence-corrected chi connectivity index (χ0v) is 13.5. The molecular formula is C18H19ClO2. The molecule has 0 unspecified atom stereocenters. The molecule has 2 nitrogen and oxygen atoms in total. The average molecular weight is 303 g/mol. The molecular weight excluding hydrogens is 284 g/mol. The van der Waals surface area contributed by atoms with Crippen molar-refractivity contribution in [3.8, 4) is 11.5 Å². The minimum Gasteiger partial charge on any atom is -0.457 e. The molecule has 0 atom stereocenters. The van der Waals surface area contributed by atoms with E-state index < -0.39 is 0 Å². The summed E-state index contributed by atoms with van der Waals surface area (Å²) in [5.41, 5.74) is 1.87. The average Bonchev–Trinajstić information content (AvgIpc) is 2.38. The molecule has 0 fully saturated rings. The number of ketones is 1. The van der Waals surface area contributed by atoms with Crippen LogP contribution in [0.15, 0.2) is 42.5 Å². The molecule has 0 radical (unpaired) electrons. The number of ether oxygens (including phenoxy) is 1. The Hall–Kier alpha value is -1.80. The quantitative estimate of drug-likeness (QED) is 0.687. The van der Waals surface area contributed by atoms with E-state index >= 15 is 0 Å². The number of hydrogen-bond donors (Lipinski definition) is 0. The third kappa shape index (κ3) is 3.85. The lowest BCUT2D eigenvalue weighted by molar-refractivity contribution is 0.101. The van der Waals surface area contributed by atoms with E-state index in [4.69, 9.17) is 16.3 Å². The molecule has 2 aromatic rings. The summed E-state index contributed by atoms with van der Waals surface area (Å²) in [6.07, 6.45) is 0. The maximum atomic E-state index is 11.3. The van der Waals surface area contributed by atoms with Crippen molar-refractivity contribution in [1.82, 2.24) is 0 Å². The maximum Gasteiger partial charge on any atom is 0.161 e. The number of halogens is 1. The summed E-state index contributed by atoms with van der Waals surface area (Å²) in [6, 6.07) is 13.1. The number of Topliss-reactive ketones (excluding diaryl/α,β-unsaturated/α-hetero) is 1. The van der Waals surface area contributed by atoms with Gasteiger partial charge in [0.2, 0.25) is 0 Å². The topological polar surface area (TPSA) is 26.3 Å². The predicted octanol–water partition coefficient (Wildman–Crippen LogP) is 5.63. The van der Waals surface area contributed by atoms with E-state index in [1.165, 1.54) is 12.5 Å². The minimum atomic E-state index is -0.0546. The van der Waals surface area contributed by atoms with Gasteiger partial charge in [-0.2, -0.15) is 0 Å². The van der Waals surface area contributed by atoms with E-state index in [1.54, 1.807) is 18.2 Å². The molecule has 0 heterocycles. The van der Waals surface area contributed by atoms with Gasteiger partial charge in [-0.3, -0.25) is 4.79 Å². The maximum absolute atomic E-state index is 11.3. The van der Waals surface area contributed by atoms with Crippen molar-refractivity contribution in [2.75, 3.05) is 0 Å². The normalized spacial score (nSPS) is 11.3. The van der Waals surface area contributed by atoms with Crippen molar-refractivity contribution in [3.63, 3.8) is 0 Å². The van der Waals surface area contributed by atoms with Gasteiger partial charge in [0.1, 0.15) is 11.5 Å². The number of carbonyl (C=O) groups is 1. The standard InChI is InChI=1S/C18H19ClO2/c1-12(20)16-10-9-15(11-17(16)19)21-14-7-5-13(6-8-14)18(2,3)4/h5-11H,1-4H3. The largest absolute Gasteiger partial charge is 0.457 e. The van der Waals surface area contributed by atoms with Crippen LogP contribution in [0.2, 0.25) is 5.02 Å². The molecule has 0 aliphatic carbocycles. The Morgan fingerprint density at radius 3 is 2.05 bits per heavy atom. The second kappa shape index (κ2) is 5.90. The fourth-order valence-corrected chi connectivity index (χ4v) is 2.31. The highest BCUT2D eigenvalue weighted by Gasteiger charge is 2.13. The van der Waals surface area contributed by atoms with Gasteiger partial charge in [-0.25, -0.2) is 0 Å². The molecule has 0 amide bonds. The molecule has 0 aliphatic heterocycles. The second-order valence-corrected chi connectivity index (χ2v) is 6.48. The summed E-state index contributed by atoms with van der Waals surface area (Å²) in [4.78, 5) is 11.3. The molecule has 0 bridgehead atoms. The lowest BCUT2D eigenvalue weighted by atomic mass is 9.87. The van der Waals surface area contributed by atoms with Gasteiger partial charge < -0.3 is 4.74 Å². The van der Waals surface area contributed by atoms with Crippen molar-refractivity contribution in [1.29, 1.82) is 0 Å². The zero-order valence-electron chi connectivity index (χ0n) is 12.7. The summed E-state index contributed by atoms with van der Waals surface area (Å²) < 4.78 is 5.77. The zero-order chi connectivity index (χ0) is 15.6. The van der Waals surface area contributed by atoms with Crippen LogP contribution in [0.25, 0.3) is 0 Å². The van der Waals surface area contributed by atoms with E-state index in [0.29, 0.717) is 16.3 Å². The van der Waals surface area contributed by atoms with Gasteiger partial charge in [-0.05, 0) is 42.2 Å². The van der Waals surface area contributed by atoms with Crippen molar-refractivity contribution >= 4 is 17.4 Å². The van der Waals surface area contributed by atoms with Crippen LogP contribution in [0.4, 0.5) is 0 Å². The first kappa shape index (κ1) is 15.6. The lowest BCUT2D eigenvalue weighted by Gasteiger charge is -2.19. The van der Waals surface area contributed by atoms with E-state index in [0.717, 1.165) is 5.75 Å². The van der Waals surface area contributed by atoms with Crippen LogP contribution in [0, 0.1) is 0 Å². The highest BCUT2D eigenvalue weighted by atomic mass is 35.5. The fraction of sp³-hybridized carbons (Fsp3) is 0.278. The fourth-order valence-electron chi connectivity index (χ4n) is 2.00. The highest BCUT2D eigenvalue weighted by Crippen LogP contribution is 2.29. The van der Waals surface area contributed by atoms with Gasteiger partial charge in [0, 0.05) is 11.6 Å².